The van der Waals surface area contributed by atoms with Crippen molar-refractivity contribution in [1.29, 1.82) is 0 Å². The third kappa shape index (κ3) is 7.86. The highest BCUT2D eigenvalue weighted by molar-refractivity contribution is 5.76. The summed E-state index contributed by atoms with van der Waals surface area (Å²) in [7, 11) is 1.66. The van der Waals surface area contributed by atoms with E-state index in [2.05, 4.69) is 15.6 Å². The average Bonchev–Trinajstić information content (AvgIpc) is 2.44. The Morgan fingerprint density at radius 1 is 1.45 bits per heavy atom. The number of pyridine rings is 1. The molecule has 1 heterocycles. The summed E-state index contributed by atoms with van der Waals surface area (Å²) in [5.74, 6) is 0.366. The van der Waals surface area contributed by atoms with E-state index in [9.17, 15) is 4.79 Å². The lowest BCUT2D eigenvalue weighted by Crippen LogP contribution is -2.29. The minimum absolute atomic E-state index is 0.0989. The molecule has 0 radical (unpaired) electrons. The second kappa shape index (κ2) is 10.3. The van der Waals surface area contributed by atoms with Gasteiger partial charge in [-0.1, -0.05) is 13.0 Å². The van der Waals surface area contributed by atoms with E-state index in [1.807, 2.05) is 25.3 Å². The normalized spacial score (nSPS) is 12.1. The molecular weight excluding hydrogens is 254 g/mol. The van der Waals surface area contributed by atoms with Gasteiger partial charge in [-0.15, -0.1) is 0 Å². The Kier molecular flexibility index (Phi) is 8.58. The number of nitrogens with zero attached hydrogens (tertiary/aromatic N) is 1. The van der Waals surface area contributed by atoms with Crippen molar-refractivity contribution in [3.63, 3.8) is 0 Å². The smallest absolute Gasteiger partial charge is 0.220 e. The molecule has 0 bridgehead atoms. The fourth-order valence-corrected chi connectivity index (χ4v) is 1.91. The first kappa shape index (κ1) is 16.6. The highest BCUT2D eigenvalue weighted by Gasteiger charge is 2.07. The van der Waals surface area contributed by atoms with Gasteiger partial charge in [0.1, 0.15) is 0 Å². The predicted octanol–water partition coefficient (Wildman–Crippen LogP) is 1.35. The Hall–Kier alpha value is -1.46. The van der Waals surface area contributed by atoms with Gasteiger partial charge < -0.3 is 15.4 Å². The van der Waals surface area contributed by atoms with E-state index in [1.54, 1.807) is 13.3 Å². The van der Waals surface area contributed by atoms with Crippen LogP contribution in [-0.4, -0.2) is 37.7 Å². The Balaban J connectivity index is 1.98. The molecule has 5 nitrogen and oxygen atoms in total. The molecule has 0 aliphatic rings. The molecule has 0 saturated carbocycles. The van der Waals surface area contributed by atoms with Gasteiger partial charge in [-0.2, -0.15) is 0 Å². The molecule has 0 aliphatic heterocycles. The zero-order chi connectivity index (χ0) is 14.6. The Morgan fingerprint density at radius 3 is 3.00 bits per heavy atom. The molecule has 1 aromatic heterocycles. The monoisotopic (exact) mass is 279 g/mol. The van der Waals surface area contributed by atoms with Crippen LogP contribution >= 0.6 is 0 Å². The molecule has 2 N–H and O–H groups in total. The minimum atomic E-state index is 0.0989. The van der Waals surface area contributed by atoms with Crippen LogP contribution in [0.25, 0.3) is 0 Å². The molecule has 0 aromatic carbocycles. The highest BCUT2D eigenvalue weighted by Crippen LogP contribution is 2.01. The van der Waals surface area contributed by atoms with Crippen molar-refractivity contribution >= 4 is 5.91 Å². The van der Waals surface area contributed by atoms with Crippen molar-refractivity contribution in [2.24, 2.45) is 5.92 Å². The van der Waals surface area contributed by atoms with Gasteiger partial charge in [0.15, 0.2) is 0 Å². The van der Waals surface area contributed by atoms with Crippen LogP contribution in [0.1, 0.15) is 25.3 Å². The topological polar surface area (TPSA) is 63.2 Å². The van der Waals surface area contributed by atoms with Crippen molar-refractivity contribution in [1.82, 2.24) is 15.6 Å². The molecule has 0 aliphatic carbocycles. The summed E-state index contributed by atoms with van der Waals surface area (Å²) in [5, 5.41) is 6.25. The van der Waals surface area contributed by atoms with Gasteiger partial charge >= 0.3 is 0 Å². The number of hydrogen-bond acceptors (Lipinski definition) is 4. The number of carbonyl (C=O) groups is 1. The van der Waals surface area contributed by atoms with E-state index in [0.717, 1.165) is 19.5 Å². The molecule has 1 amide bonds. The number of hydrogen-bond donors (Lipinski definition) is 2. The molecule has 1 atom stereocenters. The predicted molar refractivity (Wildman–Crippen MR) is 79.2 cm³/mol. The average molecular weight is 279 g/mol. The lowest BCUT2D eigenvalue weighted by molar-refractivity contribution is -0.122. The molecule has 0 saturated heterocycles. The molecule has 1 unspecified atom stereocenters. The molecule has 1 rings (SSSR count). The van der Waals surface area contributed by atoms with Gasteiger partial charge in [0.05, 0.1) is 0 Å². The minimum Gasteiger partial charge on any atom is -0.384 e. The molecule has 1 aromatic rings. The van der Waals surface area contributed by atoms with Crippen LogP contribution in [0.5, 0.6) is 0 Å². The first-order valence-electron chi connectivity index (χ1n) is 7.07. The van der Waals surface area contributed by atoms with Crippen LogP contribution in [0, 0.1) is 5.92 Å². The highest BCUT2D eigenvalue weighted by atomic mass is 16.5. The summed E-state index contributed by atoms with van der Waals surface area (Å²) in [6.07, 6.45) is 5.07. The van der Waals surface area contributed by atoms with E-state index in [4.69, 9.17) is 4.74 Å². The van der Waals surface area contributed by atoms with Crippen LogP contribution in [0.15, 0.2) is 24.5 Å². The summed E-state index contributed by atoms with van der Waals surface area (Å²) in [6, 6.07) is 3.97. The second-order valence-electron chi connectivity index (χ2n) is 5.01. The maximum atomic E-state index is 11.6. The third-order valence-corrected chi connectivity index (χ3v) is 2.89. The SMILES string of the molecule is COCC(C)CC(=O)NCCCNCc1cccnc1. The number of amides is 1. The first-order valence-corrected chi connectivity index (χ1v) is 7.07. The number of ether oxygens (including phenoxy) is 1. The quantitative estimate of drug-likeness (QED) is 0.635. The van der Waals surface area contributed by atoms with Crippen molar-refractivity contribution < 1.29 is 9.53 Å². The second-order valence-corrected chi connectivity index (χ2v) is 5.01. The van der Waals surface area contributed by atoms with Gasteiger partial charge in [-0.05, 0) is 30.5 Å². The van der Waals surface area contributed by atoms with Crippen LogP contribution in [0.4, 0.5) is 0 Å². The van der Waals surface area contributed by atoms with Crippen molar-refractivity contribution in [2.75, 3.05) is 26.8 Å². The Bertz CT molecular complexity index is 371. The number of aromatic nitrogens is 1. The summed E-state index contributed by atoms with van der Waals surface area (Å²) >= 11 is 0. The van der Waals surface area contributed by atoms with Crippen LogP contribution < -0.4 is 10.6 Å². The number of nitrogens with one attached hydrogen (secondary N) is 2. The molecule has 0 spiro atoms. The van der Waals surface area contributed by atoms with Gasteiger partial charge in [-0.25, -0.2) is 0 Å². The van der Waals surface area contributed by atoms with Gasteiger partial charge in [0.25, 0.3) is 0 Å². The maximum absolute atomic E-state index is 11.6. The summed E-state index contributed by atoms with van der Waals surface area (Å²) < 4.78 is 5.01. The first-order chi connectivity index (χ1) is 9.72. The lowest BCUT2D eigenvalue weighted by atomic mass is 10.1. The molecule has 112 valence electrons. The number of methoxy groups -OCH3 is 1. The summed E-state index contributed by atoms with van der Waals surface area (Å²) in [5.41, 5.74) is 1.17. The third-order valence-electron chi connectivity index (χ3n) is 2.89. The van der Waals surface area contributed by atoms with E-state index in [0.29, 0.717) is 19.6 Å². The zero-order valence-corrected chi connectivity index (χ0v) is 12.4. The van der Waals surface area contributed by atoms with Crippen molar-refractivity contribution in [3.05, 3.63) is 30.1 Å². The van der Waals surface area contributed by atoms with E-state index in [1.165, 1.54) is 5.56 Å². The molecule has 5 heteroatoms. The van der Waals surface area contributed by atoms with Gasteiger partial charge in [-0.3, -0.25) is 9.78 Å². The fourth-order valence-electron chi connectivity index (χ4n) is 1.91. The zero-order valence-electron chi connectivity index (χ0n) is 12.4. The van der Waals surface area contributed by atoms with Crippen molar-refractivity contribution in [2.45, 2.75) is 26.3 Å². The molecular formula is C15H25N3O2. The molecule has 0 fully saturated rings. The van der Waals surface area contributed by atoms with Gasteiger partial charge in [0, 0.05) is 45.6 Å². The maximum Gasteiger partial charge on any atom is 0.220 e. The molecule has 20 heavy (non-hydrogen) atoms. The Labute approximate surface area is 121 Å². The number of carbonyl (C=O) groups excluding carboxylic acids is 1. The number of rotatable bonds is 10. The van der Waals surface area contributed by atoms with Gasteiger partial charge in [0.2, 0.25) is 5.91 Å². The van der Waals surface area contributed by atoms with E-state index < -0.39 is 0 Å². The van der Waals surface area contributed by atoms with Crippen molar-refractivity contribution in [3.8, 4) is 0 Å². The van der Waals surface area contributed by atoms with Crippen LogP contribution in [0.2, 0.25) is 0 Å². The fraction of sp³-hybridized carbons (Fsp3) is 0.600. The largest absolute Gasteiger partial charge is 0.384 e. The standard InChI is InChI=1S/C15H25N3O2/c1-13(12-20-2)9-15(19)18-8-4-7-17-11-14-5-3-6-16-10-14/h3,5-6,10,13,17H,4,7-9,11-12H2,1-2H3,(H,18,19). The van der Waals surface area contributed by atoms with E-state index in [-0.39, 0.29) is 11.8 Å². The summed E-state index contributed by atoms with van der Waals surface area (Å²) in [4.78, 5) is 15.6. The lowest BCUT2D eigenvalue weighted by Gasteiger charge is -2.10. The van der Waals surface area contributed by atoms with E-state index >= 15 is 0 Å². The van der Waals surface area contributed by atoms with Crippen LogP contribution in [0.3, 0.4) is 0 Å². The van der Waals surface area contributed by atoms with Crippen LogP contribution in [-0.2, 0) is 16.1 Å². The Morgan fingerprint density at radius 2 is 2.30 bits per heavy atom. The summed E-state index contributed by atoms with van der Waals surface area (Å²) in [6.45, 7) is 5.03.